The summed E-state index contributed by atoms with van der Waals surface area (Å²) in [5.74, 6) is -0.757. The first-order chi connectivity index (χ1) is 10.6. The van der Waals surface area contributed by atoms with E-state index in [-0.39, 0.29) is 18.6 Å². The highest BCUT2D eigenvalue weighted by Gasteiger charge is 2.31. The quantitative estimate of drug-likeness (QED) is 0.662. The lowest BCUT2D eigenvalue weighted by atomic mass is 10.1. The van der Waals surface area contributed by atoms with E-state index in [1.54, 1.807) is 52.0 Å². The minimum Gasteiger partial charge on any atom is -0.480 e. The second kappa shape index (κ2) is 8.45. The molecule has 130 valence electrons. The molecular formula is C15H24NO6P. The maximum Gasteiger partial charge on any atom is 0.530 e. The Balaban J connectivity index is 2.81. The zero-order valence-corrected chi connectivity index (χ0v) is 14.7. The summed E-state index contributed by atoms with van der Waals surface area (Å²) in [7, 11) is -3.73. The third-order valence-corrected chi connectivity index (χ3v) is 4.39. The molecule has 0 heterocycles. The lowest BCUT2D eigenvalue weighted by Gasteiger charge is -2.22. The van der Waals surface area contributed by atoms with Crippen LogP contribution in [-0.4, -0.2) is 29.3 Å². The molecule has 3 N–H and O–H groups in total. The van der Waals surface area contributed by atoms with Crippen molar-refractivity contribution in [2.24, 2.45) is 5.73 Å². The fourth-order valence-corrected chi connectivity index (χ4v) is 3.29. The number of benzene rings is 1. The van der Waals surface area contributed by atoms with E-state index < -0.39 is 19.8 Å². The Hall–Kier alpha value is -1.40. The van der Waals surface area contributed by atoms with Gasteiger partial charge in [0.1, 0.15) is 11.8 Å². The van der Waals surface area contributed by atoms with E-state index in [2.05, 4.69) is 0 Å². The summed E-state index contributed by atoms with van der Waals surface area (Å²) in [4.78, 5) is 10.7. The van der Waals surface area contributed by atoms with Crippen LogP contribution < -0.4 is 10.3 Å². The van der Waals surface area contributed by atoms with Crippen LogP contribution in [0.1, 0.15) is 33.3 Å². The summed E-state index contributed by atoms with van der Waals surface area (Å²) in [5.41, 5.74) is 6.22. The lowest BCUT2D eigenvalue weighted by Crippen LogP contribution is -2.32. The average molecular weight is 345 g/mol. The first-order valence-electron chi connectivity index (χ1n) is 7.35. The lowest BCUT2D eigenvalue weighted by molar-refractivity contribution is -0.138. The number of rotatable bonds is 9. The van der Waals surface area contributed by atoms with Gasteiger partial charge in [-0.25, -0.2) is 4.57 Å². The van der Waals surface area contributed by atoms with Crippen LogP contribution in [0.3, 0.4) is 0 Å². The first-order valence-corrected chi connectivity index (χ1v) is 8.81. The molecule has 0 bridgehead atoms. The monoisotopic (exact) mass is 345 g/mol. The van der Waals surface area contributed by atoms with Crippen molar-refractivity contribution in [2.75, 3.05) is 0 Å². The molecule has 0 fully saturated rings. The first kappa shape index (κ1) is 19.6. The van der Waals surface area contributed by atoms with Gasteiger partial charge in [0.2, 0.25) is 0 Å². The van der Waals surface area contributed by atoms with Gasteiger partial charge in [-0.1, -0.05) is 12.1 Å². The number of nitrogens with two attached hydrogens (primary N) is 1. The maximum atomic E-state index is 12.6. The van der Waals surface area contributed by atoms with Crippen molar-refractivity contribution in [3.63, 3.8) is 0 Å². The molecule has 1 rings (SSSR count). The van der Waals surface area contributed by atoms with Crippen LogP contribution in [0.25, 0.3) is 0 Å². The highest BCUT2D eigenvalue weighted by atomic mass is 31.2. The molecule has 1 aromatic rings. The molecule has 23 heavy (non-hydrogen) atoms. The maximum absolute atomic E-state index is 12.6. The van der Waals surface area contributed by atoms with Crippen LogP contribution in [0.5, 0.6) is 5.75 Å². The summed E-state index contributed by atoms with van der Waals surface area (Å²) < 4.78 is 28.6. The third-order valence-electron chi connectivity index (χ3n) is 2.59. The van der Waals surface area contributed by atoms with Crippen molar-refractivity contribution in [1.82, 2.24) is 0 Å². The third kappa shape index (κ3) is 7.14. The number of carboxylic acids is 1. The molecule has 0 aliphatic heterocycles. The zero-order valence-electron chi connectivity index (χ0n) is 13.8. The number of aliphatic carboxylic acids is 1. The van der Waals surface area contributed by atoms with Gasteiger partial charge in [0.15, 0.2) is 0 Å². The number of carboxylic acid groups (broad SMARTS) is 1. The van der Waals surface area contributed by atoms with E-state index in [9.17, 15) is 9.36 Å². The van der Waals surface area contributed by atoms with E-state index in [1.807, 2.05) is 0 Å². The van der Waals surface area contributed by atoms with Crippen molar-refractivity contribution in [3.8, 4) is 5.75 Å². The van der Waals surface area contributed by atoms with Crippen molar-refractivity contribution in [3.05, 3.63) is 29.8 Å². The molecule has 0 saturated heterocycles. The van der Waals surface area contributed by atoms with E-state index in [0.717, 1.165) is 5.56 Å². The Morgan fingerprint density at radius 2 is 1.61 bits per heavy atom. The van der Waals surface area contributed by atoms with Gasteiger partial charge in [0, 0.05) is 0 Å². The zero-order chi connectivity index (χ0) is 17.6. The Morgan fingerprint density at radius 3 is 2.00 bits per heavy atom. The molecule has 0 saturated carbocycles. The Labute approximate surface area is 136 Å². The number of phosphoric ester groups is 1. The van der Waals surface area contributed by atoms with Crippen LogP contribution in [0.4, 0.5) is 0 Å². The molecule has 0 aliphatic rings. The smallest absolute Gasteiger partial charge is 0.480 e. The Kier molecular flexibility index (Phi) is 7.22. The van der Waals surface area contributed by atoms with Crippen LogP contribution in [0.15, 0.2) is 24.3 Å². The molecule has 7 nitrogen and oxygen atoms in total. The number of hydrogen-bond donors (Lipinski definition) is 2. The van der Waals surface area contributed by atoms with Gasteiger partial charge < -0.3 is 15.4 Å². The van der Waals surface area contributed by atoms with Gasteiger partial charge in [0.05, 0.1) is 12.2 Å². The largest absolute Gasteiger partial charge is 0.530 e. The Bertz CT molecular complexity index is 544. The van der Waals surface area contributed by atoms with Gasteiger partial charge in [-0.3, -0.25) is 13.8 Å². The standard InChI is InChI=1S/C15H24NO6P/c1-10(2)20-23(19,21-11(3)4)22-13-7-5-12(6-8-13)9-14(16)15(17)18/h5-8,10-11,14H,9,16H2,1-4H3,(H,17,18)/t14-/m0/s1. The molecule has 0 aromatic heterocycles. The van der Waals surface area contributed by atoms with Crippen molar-refractivity contribution < 1.29 is 28.0 Å². The SMILES string of the molecule is CC(C)OP(=O)(Oc1ccc(C[C@H](N)C(=O)O)cc1)OC(C)C. The number of carbonyl (C=O) groups is 1. The summed E-state index contributed by atoms with van der Waals surface area (Å²) >= 11 is 0. The molecule has 1 aromatic carbocycles. The van der Waals surface area contributed by atoms with Gasteiger partial charge in [-0.05, 0) is 51.8 Å². The molecule has 0 unspecified atom stereocenters. The van der Waals surface area contributed by atoms with Crippen LogP contribution in [-0.2, 0) is 24.8 Å². The van der Waals surface area contributed by atoms with E-state index in [0.29, 0.717) is 5.75 Å². The predicted octanol–water partition coefficient (Wildman–Crippen LogP) is 2.98. The fraction of sp³-hybridized carbons (Fsp3) is 0.533. The van der Waals surface area contributed by atoms with Crippen molar-refractivity contribution >= 4 is 13.8 Å². The van der Waals surface area contributed by atoms with E-state index in [1.165, 1.54) is 0 Å². The van der Waals surface area contributed by atoms with Crippen LogP contribution in [0, 0.1) is 0 Å². The average Bonchev–Trinajstić information content (AvgIpc) is 2.38. The van der Waals surface area contributed by atoms with E-state index >= 15 is 0 Å². The van der Waals surface area contributed by atoms with Crippen LogP contribution >= 0.6 is 7.82 Å². The highest BCUT2D eigenvalue weighted by molar-refractivity contribution is 7.49. The van der Waals surface area contributed by atoms with Gasteiger partial charge in [-0.2, -0.15) is 0 Å². The normalized spacial score (nSPS) is 13.3. The molecule has 0 aliphatic carbocycles. The van der Waals surface area contributed by atoms with Crippen molar-refractivity contribution in [2.45, 2.75) is 52.4 Å². The molecule has 8 heteroatoms. The highest BCUT2D eigenvalue weighted by Crippen LogP contribution is 2.51. The van der Waals surface area contributed by atoms with Gasteiger partial charge in [0.25, 0.3) is 0 Å². The minimum atomic E-state index is -3.73. The van der Waals surface area contributed by atoms with Gasteiger partial charge >= 0.3 is 13.8 Å². The molecule has 0 amide bonds. The predicted molar refractivity (Wildman–Crippen MR) is 86.4 cm³/mol. The number of phosphoric acid groups is 1. The number of hydrogen-bond acceptors (Lipinski definition) is 6. The molecule has 0 radical (unpaired) electrons. The fourth-order valence-electron chi connectivity index (χ4n) is 1.74. The second-order valence-corrected chi connectivity index (χ2v) is 7.14. The second-order valence-electron chi connectivity index (χ2n) is 5.64. The van der Waals surface area contributed by atoms with E-state index in [4.69, 9.17) is 24.4 Å². The summed E-state index contributed by atoms with van der Waals surface area (Å²) in [6.45, 7) is 6.93. The van der Waals surface area contributed by atoms with Crippen molar-refractivity contribution in [1.29, 1.82) is 0 Å². The molecular weight excluding hydrogens is 321 g/mol. The van der Waals surface area contributed by atoms with Gasteiger partial charge in [-0.15, -0.1) is 0 Å². The summed E-state index contributed by atoms with van der Waals surface area (Å²) in [5, 5.41) is 8.80. The summed E-state index contributed by atoms with van der Waals surface area (Å²) in [6.07, 6.45) is -0.460. The topological polar surface area (TPSA) is 108 Å². The minimum absolute atomic E-state index is 0.193. The summed E-state index contributed by atoms with van der Waals surface area (Å²) in [6, 6.07) is 5.50. The van der Waals surface area contributed by atoms with Crippen LogP contribution in [0.2, 0.25) is 0 Å². The Morgan fingerprint density at radius 1 is 1.13 bits per heavy atom. The molecule has 1 atom stereocenters. The molecule has 0 spiro atoms.